The van der Waals surface area contributed by atoms with E-state index in [1.54, 1.807) is 11.7 Å². The minimum atomic E-state index is -1.12. The summed E-state index contributed by atoms with van der Waals surface area (Å²) in [5.74, 6) is -1.10. The first-order valence-electron chi connectivity index (χ1n) is 25.5. The first kappa shape index (κ1) is 50.1. The van der Waals surface area contributed by atoms with Crippen molar-refractivity contribution in [2.45, 2.75) is 90.5 Å². The summed E-state index contributed by atoms with van der Waals surface area (Å²) in [6.07, 6.45) is 4.31. The number of amides is 4. The van der Waals surface area contributed by atoms with E-state index in [9.17, 15) is 29.1 Å². The summed E-state index contributed by atoms with van der Waals surface area (Å²) >= 11 is 1.43. The number of fused-ring (bicyclic) bond motifs is 3. The van der Waals surface area contributed by atoms with Crippen LogP contribution in [0.4, 0.5) is 16.6 Å². The highest BCUT2D eigenvalue weighted by atomic mass is 32.1. The number of carboxylic acids is 1. The Bertz CT molecular complexity index is 3320. The van der Waals surface area contributed by atoms with Gasteiger partial charge in [0.1, 0.15) is 11.6 Å². The molecule has 382 valence electrons. The van der Waals surface area contributed by atoms with Gasteiger partial charge in [-0.25, -0.2) is 14.8 Å². The molecule has 1 atom stereocenters. The molecule has 3 aliphatic heterocycles. The van der Waals surface area contributed by atoms with Gasteiger partial charge in [-0.2, -0.15) is 5.10 Å². The number of thiazole rings is 1. The average Bonchev–Trinajstić information content (AvgIpc) is 3.95. The summed E-state index contributed by atoms with van der Waals surface area (Å²) in [5.41, 5.74) is 7.82. The van der Waals surface area contributed by atoms with Gasteiger partial charge in [-0.05, 0) is 128 Å². The summed E-state index contributed by atoms with van der Waals surface area (Å²) in [5, 5.41) is 25.4. The number of anilines is 3. The maximum absolute atomic E-state index is 13.8. The van der Waals surface area contributed by atoms with Crippen molar-refractivity contribution in [3.05, 3.63) is 124 Å². The second kappa shape index (κ2) is 20.8. The highest BCUT2D eigenvalue weighted by Crippen LogP contribution is 2.42. The summed E-state index contributed by atoms with van der Waals surface area (Å²) in [6.45, 7) is 12.3. The van der Waals surface area contributed by atoms with E-state index in [-0.39, 0.29) is 41.7 Å². The highest BCUT2D eigenvalue weighted by Gasteiger charge is 2.34. The molecule has 3 aliphatic rings. The third-order valence-electron chi connectivity index (χ3n) is 14.7. The van der Waals surface area contributed by atoms with Gasteiger partial charge in [0.05, 0.1) is 39.6 Å². The van der Waals surface area contributed by atoms with Gasteiger partial charge in [0.25, 0.3) is 5.91 Å². The molecule has 74 heavy (non-hydrogen) atoms. The molecule has 0 aliphatic carbocycles. The van der Waals surface area contributed by atoms with Crippen LogP contribution in [0.2, 0.25) is 0 Å². The Balaban J connectivity index is 0.763. The van der Waals surface area contributed by atoms with Crippen molar-refractivity contribution >= 4 is 78.7 Å². The number of para-hydroxylation sites is 2. The lowest BCUT2D eigenvalue weighted by Gasteiger charge is -2.33. The SMILES string of the molecule is Cc1c(OCCCN2CCC(CC(=O)Nc3cccc4c(C5CCC(=O)NC5=O)nn(C)c34)CC2)cccc1-c1c(C(C)(C)C)cc(N2CCc3cccc(C(=O)Nc4nc5ccccc5s4)c3C2)nc1C(=O)O. The van der Waals surface area contributed by atoms with Gasteiger partial charge < -0.3 is 25.0 Å². The van der Waals surface area contributed by atoms with Crippen molar-refractivity contribution in [3.63, 3.8) is 0 Å². The van der Waals surface area contributed by atoms with Crippen LogP contribution in [0.5, 0.6) is 5.75 Å². The van der Waals surface area contributed by atoms with Gasteiger partial charge in [-0.15, -0.1) is 0 Å². The van der Waals surface area contributed by atoms with Crippen LogP contribution in [-0.2, 0) is 39.8 Å². The van der Waals surface area contributed by atoms with E-state index in [2.05, 4.69) is 56.6 Å². The smallest absolute Gasteiger partial charge is 0.355 e. The van der Waals surface area contributed by atoms with Crippen LogP contribution in [0.25, 0.3) is 32.2 Å². The Morgan fingerprint density at radius 2 is 1.69 bits per heavy atom. The monoisotopic (exact) mass is 1020 g/mol. The molecule has 10 rings (SSSR count). The number of carbonyl (C=O) groups is 5. The number of piperidine rings is 2. The molecule has 0 radical (unpaired) electrons. The maximum atomic E-state index is 13.8. The molecule has 0 saturated carbocycles. The van der Waals surface area contributed by atoms with Crippen LogP contribution in [0, 0.1) is 12.8 Å². The number of imide groups is 1. The highest BCUT2D eigenvalue weighted by molar-refractivity contribution is 7.22. The maximum Gasteiger partial charge on any atom is 0.355 e. The van der Waals surface area contributed by atoms with Crippen molar-refractivity contribution in [2.75, 3.05) is 48.3 Å². The zero-order valence-electron chi connectivity index (χ0n) is 42.4. The zero-order valence-corrected chi connectivity index (χ0v) is 43.2. The molecular weight excluding hydrogens is 955 g/mol. The van der Waals surface area contributed by atoms with Crippen molar-refractivity contribution in [2.24, 2.45) is 13.0 Å². The Labute approximate surface area is 433 Å². The lowest BCUT2D eigenvalue weighted by molar-refractivity contribution is -0.134. The molecule has 0 spiro atoms. The minimum Gasteiger partial charge on any atom is -0.493 e. The molecule has 4 aromatic carbocycles. The van der Waals surface area contributed by atoms with Crippen LogP contribution < -0.4 is 25.6 Å². The second-order valence-electron chi connectivity index (χ2n) is 20.7. The second-order valence-corrected chi connectivity index (χ2v) is 21.8. The Kier molecular flexibility index (Phi) is 14.1. The number of carbonyl (C=O) groups excluding carboxylic acids is 4. The number of rotatable bonds is 14. The van der Waals surface area contributed by atoms with E-state index >= 15 is 0 Å². The Hall–Kier alpha value is -7.50. The quantitative estimate of drug-likeness (QED) is 0.0595. The molecule has 6 heterocycles. The fourth-order valence-electron chi connectivity index (χ4n) is 10.9. The largest absolute Gasteiger partial charge is 0.493 e. The molecule has 17 heteroatoms. The van der Waals surface area contributed by atoms with E-state index in [4.69, 9.17) is 9.72 Å². The van der Waals surface area contributed by atoms with Crippen LogP contribution >= 0.6 is 11.3 Å². The molecule has 3 aromatic heterocycles. The van der Waals surface area contributed by atoms with Crippen molar-refractivity contribution < 1.29 is 33.8 Å². The molecule has 4 N–H and O–H groups in total. The predicted molar refractivity (Wildman–Crippen MR) is 287 cm³/mol. The summed E-state index contributed by atoms with van der Waals surface area (Å²) in [6, 6.07) is 27.0. The van der Waals surface area contributed by atoms with Crippen molar-refractivity contribution in [1.82, 2.24) is 30.0 Å². The number of hydrogen-bond acceptors (Lipinski definition) is 12. The normalized spacial score (nSPS) is 16.6. The Morgan fingerprint density at radius 3 is 2.46 bits per heavy atom. The molecule has 0 bridgehead atoms. The molecular formula is C57H61N9O7S. The van der Waals surface area contributed by atoms with Crippen molar-refractivity contribution in [3.8, 4) is 16.9 Å². The standard InChI is InChI=1S/C57H61N9O7S/c1-33-36(49-41(57(2,3)4)31-46(60-51(49)55(71)72)66-28-24-35-12-8-14-37(40(35)32-66)53(69)62-56-59-42-16-6-7-19-45(42)74-56)13-10-18-44(33)73-29-11-25-65-26-22-34(23-27-65)30-48(68)58-43-17-9-15-38-50(63-64(5)52(38)43)39-20-21-47(67)61-54(39)70/h6-10,12-19,31,34,39H,11,20-30,32H2,1-5H3,(H,58,68)(H,71,72)(H,59,62,69)(H,61,67,70). The van der Waals surface area contributed by atoms with Crippen LogP contribution in [0.1, 0.15) is 114 Å². The minimum absolute atomic E-state index is 0.0346. The van der Waals surface area contributed by atoms with E-state index in [1.165, 1.54) is 11.3 Å². The summed E-state index contributed by atoms with van der Waals surface area (Å²) in [4.78, 5) is 78.9. The molecule has 4 amide bonds. The van der Waals surface area contributed by atoms with Gasteiger partial charge in [-0.3, -0.25) is 34.5 Å². The number of carboxylic acid groups (broad SMARTS) is 1. The van der Waals surface area contributed by atoms with Gasteiger partial charge >= 0.3 is 5.97 Å². The number of nitrogens with one attached hydrogen (secondary N) is 3. The number of aromatic nitrogens is 4. The number of pyridine rings is 1. The van der Waals surface area contributed by atoms with Gasteiger partial charge in [0, 0.05) is 56.0 Å². The zero-order chi connectivity index (χ0) is 51.8. The average molecular weight is 1020 g/mol. The number of benzene rings is 4. The number of aryl methyl sites for hydroxylation is 1. The van der Waals surface area contributed by atoms with Crippen LogP contribution in [0.3, 0.4) is 0 Å². The summed E-state index contributed by atoms with van der Waals surface area (Å²) < 4.78 is 9.12. The van der Waals surface area contributed by atoms with Crippen molar-refractivity contribution in [1.29, 1.82) is 0 Å². The predicted octanol–water partition coefficient (Wildman–Crippen LogP) is 9.39. The number of nitrogens with zero attached hydrogens (tertiary/aromatic N) is 6. The van der Waals surface area contributed by atoms with Gasteiger partial charge in [0.2, 0.25) is 17.7 Å². The Morgan fingerprint density at radius 1 is 0.905 bits per heavy atom. The first-order valence-corrected chi connectivity index (χ1v) is 26.3. The number of aromatic carboxylic acids is 1. The first-order chi connectivity index (χ1) is 35.6. The summed E-state index contributed by atoms with van der Waals surface area (Å²) in [7, 11) is 1.80. The molecule has 7 aromatic rings. The number of likely N-dealkylation sites (tertiary alicyclic amines) is 1. The topological polar surface area (TPSA) is 201 Å². The van der Waals surface area contributed by atoms with Crippen LogP contribution in [-0.4, -0.2) is 92.1 Å². The number of hydrogen-bond donors (Lipinski definition) is 4. The fraction of sp³-hybridized carbons (Fsp3) is 0.368. The van der Waals surface area contributed by atoms with E-state index in [0.29, 0.717) is 78.2 Å². The lowest BCUT2D eigenvalue weighted by Crippen LogP contribution is -2.39. The molecule has 16 nitrogen and oxygen atoms in total. The van der Waals surface area contributed by atoms with E-state index in [0.717, 1.165) is 87.8 Å². The number of ether oxygens (including phenoxy) is 1. The van der Waals surface area contributed by atoms with E-state index < -0.39 is 17.3 Å². The third-order valence-corrected chi connectivity index (χ3v) is 15.7. The van der Waals surface area contributed by atoms with Gasteiger partial charge in [0.15, 0.2) is 10.8 Å². The molecule has 2 saturated heterocycles. The molecule has 2 fully saturated rings. The van der Waals surface area contributed by atoms with Crippen LogP contribution in [0.15, 0.2) is 84.9 Å². The van der Waals surface area contributed by atoms with Gasteiger partial charge in [-0.1, -0.05) is 80.6 Å². The third kappa shape index (κ3) is 10.4. The fourth-order valence-corrected chi connectivity index (χ4v) is 11.7. The molecule has 1 unspecified atom stereocenters. The van der Waals surface area contributed by atoms with E-state index in [1.807, 2.05) is 91.9 Å². The lowest BCUT2D eigenvalue weighted by atomic mass is 9.80.